The van der Waals surface area contributed by atoms with E-state index in [2.05, 4.69) is 36.3 Å². The van der Waals surface area contributed by atoms with Crippen molar-refractivity contribution in [2.75, 3.05) is 23.4 Å². The topological polar surface area (TPSA) is 96.8 Å². The number of nitro groups is 1. The van der Waals surface area contributed by atoms with Gasteiger partial charge in [0.1, 0.15) is 12.0 Å². The first-order valence-electron chi connectivity index (χ1n) is 7.07. The molecule has 120 valence electrons. The molecule has 1 N–H and O–H groups in total. The van der Waals surface area contributed by atoms with Crippen LogP contribution in [0.3, 0.4) is 0 Å². The average Bonchev–Trinajstić information content (AvgIpc) is 3.17. The van der Waals surface area contributed by atoms with Crippen LogP contribution >= 0.6 is 15.9 Å². The Balaban J connectivity index is 1.63. The van der Waals surface area contributed by atoms with E-state index in [1.54, 1.807) is 0 Å². The van der Waals surface area contributed by atoms with Crippen molar-refractivity contribution < 1.29 is 9.34 Å². The molecule has 1 fully saturated rings. The molecular weight excluding hydrogens is 366 g/mol. The van der Waals surface area contributed by atoms with Gasteiger partial charge >= 0.3 is 0 Å². The van der Waals surface area contributed by atoms with Gasteiger partial charge in [0.05, 0.1) is 15.6 Å². The number of nitrogens with one attached hydrogen (secondary N) is 1. The molecule has 23 heavy (non-hydrogen) atoms. The van der Waals surface area contributed by atoms with Crippen LogP contribution in [0.1, 0.15) is 18.6 Å². The summed E-state index contributed by atoms with van der Waals surface area (Å²) < 4.78 is 6.66. The van der Waals surface area contributed by atoms with Crippen LogP contribution in [0, 0.1) is 10.1 Å². The largest absolute Gasteiger partial charge is 0.438 e. The molecule has 3 heterocycles. The summed E-state index contributed by atoms with van der Waals surface area (Å²) in [6.07, 6.45) is 5.05. The zero-order valence-electron chi connectivity index (χ0n) is 12.1. The molecule has 1 saturated heterocycles. The fraction of sp³-hybridized carbons (Fsp3) is 0.286. The van der Waals surface area contributed by atoms with E-state index in [0.29, 0.717) is 11.6 Å². The van der Waals surface area contributed by atoms with E-state index in [0.717, 1.165) is 23.4 Å². The van der Waals surface area contributed by atoms with E-state index in [9.17, 15) is 10.1 Å². The third-order valence-corrected chi connectivity index (χ3v) is 3.98. The minimum absolute atomic E-state index is 0.0650. The molecule has 0 aliphatic carbocycles. The van der Waals surface area contributed by atoms with Gasteiger partial charge in [0, 0.05) is 25.2 Å². The molecule has 0 saturated carbocycles. The number of hydrogen-bond acceptors (Lipinski definition) is 7. The number of pyridine rings is 1. The van der Waals surface area contributed by atoms with Crippen molar-refractivity contribution in [2.24, 2.45) is 5.10 Å². The monoisotopic (exact) mass is 379 g/mol. The summed E-state index contributed by atoms with van der Waals surface area (Å²) in [6, 6.07) is 4.70. The predicted octanol–water partition coefficient (Wildman–Crippen LogP) is 3.39. The number of nitrogens with zero attached hydrogens (tertiary/aromatic N) is 4. The highest BCUT2D eigenvalue weighted by Gasteiger charge is 2.19. The fourth-order valence-corrected chi connectivity index (χ4v) is 2.86. The Morgan fingerprint density at radius 2 is 2.22 bits per heavy atom. The van der Waals surface area contributed by atoms with E-state index in [1.165, 1.54) is 37.4 Å². The summed E-state index contributed by atoms with van der Waals surface area (Å²) in [5.74, 6) is 1.84. The molecule has 8 nitrogen and oxygen atoms in total. The molecule has 0 aromatic carbocycles. The highest BCUT2D eigenvalue weighted by atomic mass is 79.9. The smallest absolute Gasteiger partial charge is 0.287 e. The maximum Gasteiger partial charge on any atom is 0.287 e. The van der Waals surface area contributed by atoms with Crippen LogP contribution in [0.15, 0.2) is 38.4 Å². The molecule has 2 aromatic rings. The molecule has 9 heteroatoms. The molecule has 0 bridgehead atoms. The predicted molar refractivity (Wildman–Crippen MR) is 90.0 cm³/mol. The van der Waals surface area contributed by atoms with Crippen LogP contribution in [0.5, 0.6) is 0 Å². The van der Waals surface area contributed by atoms with Gasteiger partial charge in [-0.1, -0.05) is 0 Å². The zero-order valence-corrected chi connectivity index (χ0v) is 13.7. The van der Waals surface area contributed by atoms with Gasteiger partial charge in [0.25, 0.3) is 5.69 Å². The molecule has 0 radical (unpaired) electrons. The number of aromatic nitrogens is 1. The van der Waals surface area contributed by atoms with Gasteiger partial charge in [-0.2, -0.15) is 5.10 Å². The summed E-state index contributed by atoms with van der Waals surface area (Å²) in [4.78, 5) is 16.1. The maximum absolute atomic E-state index is 10.5. The van der Waals surface area contributed by atoms with E-state index < -0.39 is 4.92 Å². The first kappa shape index (κ1) is 15.5. The highest BCUT2D eigenvalue weighted by molar-refractivity contribution is 9.10. The molecule has 0 amide bonds. The quantitative estimate of drug-likeness (QED) is 0.485. The second kappa shape index (κ2) is 6.78. The first-order chi connectivity index (χ1) is 11.1. The standard InChI is InChI=1S/C14H14BrN5O3/c15-12-7-11(23-14(12)19-5-1-2-6-19)9-17-18-13-4-3-10(8-16-13)20(21)22/h3-4,7-9H,1-2,5-6H2,(H,16,18)/b17-9-. The molecule has 0 unspecified atom stereocenters. The molecule has 1 aliphatic rings. The van der Waals surface area contributed by atoms with E-state index >= 15 is 0 Å². The fourth-order valence-electron chi connectivity index (χ4n) is 2.30. The maximum atomic E-state index is 10.5. The van der Waals surface area contributed by atoms with Gasteiger partial charge in [-0.15, -0.1) is 0 Å². The van der Waals surface area contributed by atoms with Gasteiger partial charge in [-0.25, -0.2) is 4.98 Å². The minimum atomic E-state index is -0.500. The van der Waals surface area contributed by atoms with Gasteiger partial charge in [-0.3, -0.25) is 15.5 Å². The number of halogens is 1. The Hall–Kier alpha value is -2.42. The minimum Gasteiger partial charge on any atom is -0.438 e. The molecule has 0 atom stereocenters. The van der Waals surface area contributed by atoms with Crippen molar-refractivity contribution in [3.05, 3.63) is 44.7 Å². The summed E-state index contributed by atoms with van der Waals surface area (Å²) in [6.45, 7) is 1.99. The van der Waals surface area contributed by atoms with Crippen molar-refractivity contribution in [1.82, 2.24) is 4.98 Å². The van der Waals surface area contributed by atoms with Gasteiger partial charge in [0.2, 0.25) is 5.88 Å². The van der Waals surface area contributed by atoms with Crippen molar-refractivity contribution in [2.45, 2.75) is 12.8 Å². The number of anilines is 2. The van der Waals surface area contributed by atoms with Crippen molar-refractivity contribution in [3.8, 4) is 0 Å². The second-order valence-electron chi connectivity index (χ2n) is 5.02. The van der Waals surface area contributed by atoms with Crippen LogP contribution < -0.4 is 10.3 Å². The molecule has 2 aromatic heterocycles. The van der Waals surface area contributed by atoms with Crippen molar-refractivity contribution in [1.29, 1.82) is 0 Å². The lowest BCUT2D eigenvalue weighted by Gasteiger charge is -2.13. The Morgan fingerprint density at radius 3 is 2.87 bits per heavy atom. The lowest BCUT2D eigenvalue weighted by atomic mass is 10.4. The van der Waals surface area contributed by atoms with Crippen LogP contribution in [0.4, 0.5) is 17.4 Å². The van der Waals surface area contributed by atoms with E-state index in [1.807, 2.05) is 6.07 Å². The third kappa shape index (κ3) is 3.67. The number of rotatable bonds is 5. The van der Waals surface area contributed by atoms with Crippen LogP contribution in [0.25, 0.3) is 0 Å². The molecule has 0 spiro atoms. The van der Waals surface area contributed by atoms with E-state index in [4.69, 9.17) is 4.42 Å². The van der Waals surface area contributed by atoms with Crippen LogP contribution in [0.2, 0.25) is 0 Å². The normalized spacial score (nSPS) is 14.6. The summed E-state index contributed by atoms with van der Waals surface area (Å²) >= 11 is 3.49. The van der Waals surface area contributed by atoms with Crippen molar-refractivity contribution in [3.63, 3.8) is 0 Å². The SMILES string of the molecule is O=[N+]([O-])c1ccc(N/N=C\c2cc(Br)c(N3CCCC3)o2)nc1. The Labute approximate surface area is 140 Å². The Kier molecular flexibility index (Phi) is 4.56. The molecular formula is C14H14BrN5O3. The lowest BCUT2D eigenvalue weighted by molar-refractivity contribution is -0.385. The third-order valence-electron chi connectivity index (χ3n) is 3.41. The van der Waals surface area contributed by atoms with E-state index in [-0.39, 0.29) is 5.69 Å². The zero-order chi connectivity index (χ0) is 16.2. The van der Waals surface area contributed by atoms with Crippen LogP contribution in [-0.2, 0) is 0 Å². The lowest BCUT2D eigenvalue weighted by Crippen LogP contribution is -2.17. The number of hydrogen-bond donors (Lipinski definition) is 1. The Bertz CT molecular complexity index is 723. The van der Waals surface area contributed by atoms with Crippen LogP contribution in [-0.4, -0.2) is 29.2 Å². The van der Waals surface area contributed by atoms with Crippen molar-refractivity contribution >= 4 is 39.5 Å². The summed E-state index contributed by atoms with van der Waals surface area (Å²) in [5, 5.41) is 14.6. The molecule has 1 aliphatic heterocycles. The Morgan fingerprint density at radius 1 is 1.43 bits per heavy atom. The number of furan rings is 1. The second-order valence-corrected chi connectivity index (χ2v) is 5.88. The van der Waals surface area contributed by atoms with Gasteiger partial charge in [0.15, 0.2) is 5.76 Å². The van der Waals surface area contributed by atoms with Gasteiger partial charge < -0.3 is 9.32 Å². The average molecular weight is 380 g/mol. The number of hydrazone groups is 1. The highest BCUT2D eigenvalue weighted by Crippen LogP contribution is 2.31. The summed E-state index contributed by atoms with van der Waals surface area (Å²) in [5.41, 5.74) is 2.64. The summed E-state index contributed by atoms with van der Waals surface area (Å²) in [7, 11) is 0. The first-order valence-corrected chi connectivity index (χ1v) is 7.86. The van der Waals surface area contributed by atoms with Gasteiger partial charge in [-0.05, 0) is 34.8 Å². The molecule has 3 rings (SSSR count).